The van der Waals surface area contributed by atoms with Crippen molar-refractivity contribution in [2.24, 2.45) is 11.6 Å². The van der Waals surface area contributed by atoms with Gasteiger partial charge in [-0.05, 0) is 30.5 Å². The number of rotatable bonds is 11. The third-order valence-electron chi connectivity index (χ3n) is 3.82. The van der Waals surface area contributed by atoms with Gasteiger partial charge in [-0.25, -0.2) is 10.6 Å². The number of hydrazine groups is 1. The van der Waals surface area contributed by atoms with Gasteiger partial charge in [0.2, 0.25) is 11.0 Å². The summed E-state index contributed by atoms with van der Waals surface area (Å²) in [6.07, 6.45) is -1.96. The molecule has 1 aromatic carbocycles. The number of ether oxygens (including phenoxy) is 1. The normalized spacial score (nSPS) is 11.8. The molecule has 0 fully saturated rings. The second kappa shape index (κ2) is 11.3. The largest absolute Gasteiger partial charge is 0.573 e. The van der Waals surface area contributed by atoms with Gasteiger partial charge >= 0.3 is 12.3 Å². The maximum absolute atomic E-state index is 12.3. The molecule has 0 saturated heterocycles. The van der Waals surface area contributed by atoms with Gasteiger partial charge in [-0.2, -0.15) is 0 Å². The molecule has 0 aliphatic rings. The Balaban J connectivity index is 1.77. The van der Waals surface area contributed by atoms with Gasteiger partial charge in [0.25, 0.3) is 0 Å². The van der Waals surface area contributed by atoms with Gasteiger partial charge in [0.15, 0.2) is 0 Å². The van der Waals surface area contributed by atoms with Gasteiger partial charge in [-0.15, -0.1) is 23.4 Å². The third-order valence-corrected chi connectivity index (χ3v) is 4.72. The van der Waals surface area contributed by atoms with Crippen LogP contribution in [0.25, 0.3) is 0 Å². The summed E-state index contributed by atoms with van der Waals surface area (Å²) in [6.45, 7) is 0.382. The van der Waals surface area contributed by atoms with Crippen LogP contribution in [0, 0.1) is 0 Å². The molecule has 1 aromatic heterocycles. The monoisotopic (exact) mass is 474 g/mol. The number of carbonyl (C=O) groups excluding carboxylic acids is 1. The van der Waals surface area contributed by atoms with E-state index in [1.807, 2.05) is 0 Å². The van der Waals surface area contributed by atoms with Crippen molar-refractivity contribution in [1.82, 2.24) is 15.2 Å². The van der Waals surface area contributed by atoms with Crippen LogP contribution in [-0.2, 0) is 22.4 Å². The molecular formula is C18H21F3N6O4S. The Kier molecular flexibility index (Phi) is 8.78. The minimum atomic E-state index is -4.81. The zero-order chi connectivity index (χ0) is 23.7. The molecule has 1 heterocycles. The summed E-state index contributed by atoms with van der Waals surface area (Å²) in [4.78, 5) is 22.8. The summed E-state index contributed by atoms with van der Waals surface area (Å²) in [5.41, 5.74) is 5.25. The predicted molar refractivity (Wildman–Crippen MR) is 109 cm³/mol. The Labute approximate surface area is 184 Å². The molecule has 2 rings (SSSR count). The zero-order valence-electron chi connectivity index (χ0n) is 16.6. The van der Waals surface area contributed by atoms with Gasteiger partial charge in [0.05, 0.1) is 6.42 Å². The highest BCUT2D eigenvalue weighted by atomic mass is 32.1. The average Bonchev–Trinajstić information content (AvgIpc) is 3.11. The highest BCUT2D eigenvalue weighted by molar-refractivity contribution is 7.15. The van der Waals surface area contributed by atoms with Crippen LogP contribution in [0.4, 0.5) is 18.3 Å². The van der Waals surface area contributed by atoms with Gasteiger partial charge in [0.1, 0.15) is 16.5 Å². The number of nitrogens with two attached hydrogens (primary N) is 2. The first-order chi connectivity index (χ1) is 15.0. The summed E-state index contributed by atoms with van der Waals surface area (Å²) >= 11 is 1.17. The Hall–Kier alpha value is -3.39. The molecule has 0 radical (unpaired) electrons. The van der Waals surface area contributed by atoms with E-state index in [1.54, 1.807) is 0 Å². The standard InChI is InChI=1S/C18H21F3N6O4S/c19-18(20,21)31-12-5-3-4-11(8-12)9-14(28)24-17-26-25-15(32-17)6-1-2-7-27(23)10-13(22)16(29)30/h3-5,8,10H,1-2,6-7,9,22-23H2,(H,29,30)(H,24,26,28)/b13-10-. The van der Waals surface area contributed by atoms with Crippen LogP contribution < -0.4 is 21.6 Å². The molecule has 0 atom stereocenters. The van der Waals surface area contributed by atoms with Crippen LogP contribution in [0.15, 0.2) is 36.2 Å². The van der Waals surface area contributed by atoms with E-state index in [1.165, 1.54) is 28.5 Å². The van der Waals surface area contributed by atoms with Crippen LogP contribution in [-0.4, -0.2) is 45.1 Å². The lowest BCUT2D eigenvalue weighted by Gasteiger charge is -2.13. The second-order valence-electron chi connectivity index (χ2n) is 6.51. The predicted octanol–water partition coefficient (Wildman–Crippen LogP) is 2.00. The molecular weight excluding hydrogens is 453 g/mol. The molecule has 32 heavy (non-hydrogen) atoms. The molecule has 0 aliphatic carbocycles. The summed E-state index contributed by atoms with van der Waals surface area (Å²) in [7, 11) is 0. The lowest BCUT2D eigenvalue weighted by molar-refractivity contribution is -0.274. The number of aliphatic carboxylic acids is 1. The number of aromatic nitrogens is 2. The van der Waals surface area contributed by atoms with Crippen LogP contribution in [0.5, 0.6) is 5.75 Å². The van der Waals surface area contributed by atoms with E-state index in [4.69, 9.17) is 16.7 Å². The molecule has 174 valence electrons. The first-order valence-corrected chi connectivity index (χ1v) is 10.0. The lowest BCUT2D eigenvalue weighted by Crippen LogP contribution is -2.29. The fraction of sp³-hybridized carbons (Fsp3) is 0.333. The van der Waals surface area contributed by atoms with Crippen molar-refractivity contribution in [2.75, 3.05) is 11.9 Å². The van der Waals surface area contributed by atoms with Crippen LogP contribution in [0.1, 0.15) is 23.4 Å². The van der Waals surface area contributed by atoms with Crippen LogP contribution in [0.3, 0.4) is 0 Å². The molecule has 6 N–H and O–H groups in total. The van der Waals surface area contributed by atoms with E-state index >= 15 is 0 Å². The van der Waals surface area contributed by atoms with Gasteiger partial charge in [-0.1, -0.05) is 23.5 Å². The Morgan fingerprint density at radius 3 is 2.72 bits per heavy atom. The highest BCUT2D eigenvalue weighted by Gasteiger charge is 2.31. The van der Waals surface area contributed by atoms with Crippen molar-refractivity contribution in [3.05, 3.63) is 46.7 Å². The SMILES string of the molecule is N/C(=C\N(N)CCCCc1nnc(NC(=O)Cc2cccc(OC(F)(F)F)c2)s1)C(=O)O. The fourth-order valence-corrected chi connectivity index (χ4v) is 3.27. The third kappa shape index (κ3) is 9.18. The Morgan fingerprint density at radius 1 is 1.28 bits per heavy atom. The maximum atomic E-state index is 12.3. The highest BCUT2D eigenvalue weighted by Crippen LogP contribution is 2.24. The number of hydrogen-bond donors (Lipinski definition) is 4. The number of alkyl halides is 3. The quantitative estimate of drug-likeness (QED) is 0.165. The maximum Gasteiger partial charge on any atom is 0.573 e. The first kappa shape index (κ1) is 24.9. The number of nitrogens with one attached hydrogen (secondary N) is 1. The number of amides is 1. The van der Waals surface area contributed by atoms with Crippen molar-refractivity contribution in [3.8, 4) is 5.75 Å². The zero-order valence-corrected chi connectivity index (χ0v) is 17.4. The number of nitrogens with zero attached hydrogens (tertiary/aromatic N) is 3. The van der Waals surface area contributed by atoms with Gasteiger partial charge in [0, 0.05) is 19.2 Å². The molecule has 0 saturated carbocycles. The minimum absolute atomic E-state index is 0.163. The topological polar surface area (TPSA) is 157 Å². The van der Waals surface area contributed by atoms with Gasteiger partial charge in [-0.3, -0.25) is 4.79 Å². The van der Waals surface area contributed by atoms with E-state index in [-0.39, 0.29) is 17.2 Å². The molecule has 2 aromatic rings. The lowest BCUT2D eigenvalue weighted by atomic mass is 10.1. The number of carboxylic acid groups (broad SMARTS) is 1. The smallest absolute Gasteiger partial charge is 0.477 e. The first-order valence-electron chi connectivity index (χ1n) is 9.20. The van der Waals surface area contributed by atoms with Crippen molar-refractivity contribution >= 4 is 28.3 Å². The van der Waals surface area contributed by atoms with Crippen molar-refractivity contribution < 1.29 is 32.6 Å². The van der Waals surface area contributed by atoms with Crippen molar-refractivity contribution in [3.63, 3.8) is 0 Å². The van der Waals surface area contributed by atoms with E-state index in [9.17, 15) is 22.8 Å². The van der Waals surface area contributed by atoms with Crippen LogP contribution in [0.2, 0.25) is 0 Å². The number of carbonyl (C=O) groups is 2. The summed E-state index contributed by atoms with van der Waals surface area (Å²) in [5, 5.41) is 21.2. The Morgan fingerprint density at radius 2 is 2.03 bits per heavy atom. The second-order valence-corrected chi connectivity index (χ2v) is 7.57. The average molecular weight is 474 g/mol. The number of benzene rings is 1. The number of halogens is 3. The summed E-state index contributed by atoms with van der Waals surface area (Å²) in [6, 6.07) is 5.15. The van der Waals surface area contributed by atoms with Crippen molar-refractivity contribution in [1.29, 1.82) is 0 Å². The minimum Gasteiger partial charge on any atom is -0.477 e. The number of unbranched alkanes of at least 4 members (excludes halogenated alkanes) is 1. The van der Waals surface area contributed by atoms with E-state index < -0.39 is 24.0 Å². The molecule has 14 heteroatoms. The number of aryl methyl sites for hydroxylation is 1. The molecule has 10 nitrogen and oxygen atoms in total. The number of carboxylic acids is 1. The van der Waals surface area contributed by atoms with E-state index in [0.717, 1.165) is 18.3 Å². The molecule has 0 bridgehead atoms. The molecule has 0 aliphatic heterocycles. The fourth-order valence-electron chi connectivity index (χ4n) is 2.48. The van der Waals surface area contributed by atoms with E-state index in [0.29, 0.717) is 36.4 Å². The number of anilines is 1. The molecule has 0 spiro atoms. The van der Waals surface area contributed by atoms with E-state index in [2.05, 4.69) is 20.3 Å². The molecule has 0 unspecified atom stereocenters. The van der Waals surface area contributed by atoms with Crippen molar-refractivity contribution in [2.45, 2.75) is 32.0 Å². The number of hydrogen-bond acceptors (Lipinski definition) is 9. The molecule has 1 amide bonds. The summed E-state index contributed by atoms with van der Waals surface area (Å²) in [5.74, 6) is 3.51. The summed E-state index contributed by atoms with van der Waals surface area (Å²) < 4.78 is 40.7. The van der Waals surface area contributed by atoms with Crippen LogP contribution >= 0.6 is 11.3 Å². The Bertz CT molecular complexity index is 966. The van der Waals surface area contributed by atoms with Gasteiger partial charge < -0.3 is 25.9 Å².